The Morgan fingerprint density at radius 2 is 2.11 bits per heavy atom. The molecule has 1 aromatic heterocycles. The number of guanidine groups is 1. The third kappa shape index (κ3) is 6.56. The van der Waals surface area contributed by atoms with E-state index in [0.717, 1.165) is 83.1 Å². The highest BCUT2D eigenvalue weighted by Crippen LogP contribution is 2.18. The Labute approximate surface area is 179 Å². The molecule has 154 valence electrons. The van der Waals surface area contributed by atoms with Crippen molar-refractivity contribution in [3.05, 3.63) is 12.2 Å². The molecule has 0 amide bonds. The number of hydrogen-bond acceptors (Lipinski definition) is 5. The van der Waals surface area contributed by atoms with Crippen LogP contribution < -0.4 is 5.32 Å². The van der Waals surface area contributed by atoms with E-state index < -0.39 is 0 Å². The molecule has 3 heterocycles. The Balaban J connectivity index is 0.00000261. The lowest BCUT2D eigenvalue weighted by Gasteiger charge is -2.29. The molecule has 1 N–H and O–H groups in total. The number of ether oxygens (including phenoxy) is 1. The molecule has 8 nitrogen and oxygen atoms in total. The summed E-state index contributed by atoms with van der Waals surface area (Å²) in [7, 11) is 0. The molecular weight excluding hydrogens is 457 g/mol. The van der Waals surface area contributed by atoms with Crippen molar-refractivity contribution in [1.29, 1.82) is 0 Å². The summed E-state index contributed by atoms with van der Waals surface area (Å²) in [5.74, 6) is 2.79. The van der Waals surface area contributed by atoms with Gasteiger partial charge >= 0.3 is 0 Å². The zero-order valence-corrected chi connectivity index (χ0v) is 19.0. The molecule has 0 spiro atoms. The molecule has 9 heteroatoms. The Kier molecular flexibility index (Phi) is 9.77. The molecule has 0 saturated carbocycles. The second kappa shape index (κ2) is 11.8. The van der Waals surface area contributed by atoms with Crippen LogP contribution in [-0.4, -0.2) is 89.6 Å². The molecule has 1 aromatic rings. The summed E-state index contributed by atoms with van der Waals surface area (Å²) in [6.07, 6.45) is 3.95. The molecule has 2 aliphatic rings. The predicted molar refractivity (Wildman–Crippen MR) is 118 cm³/mol. The first-order valence-corrected chi connectivity index (χ1v) is 10.00. The van der Waals surface area contributed by atoms with Crippen LogP contribution in [-0.2, 0) is 17.7 Å². The van der Waals surface area contributed by atoms with E-state index in [1.54, 1.807) is 6.33 Å². The number of likely N-dealkylation sites (tertiary alicyclic amines) is 1. The lowest BCUT2D eigenvalue weighted by Crippen LogP contribution is -2.42. The molecular formula is C18H34IN7O. The van der Waals surface area contributed by atoms with Crippen LogP contribution in [0.15, 0.2) is 11.3 Å². The van der Waals surface area contributed by atoms with Gasteiger partial charge in [0.1, 0.15) is 12.2 Å². The quantitative estimate of drug-likeness (QED) is 0.350. The molecule has 0 bridgehead atoms. The predicted octanol–water partition coefficient (Wildman–Crippen LogP) is 1.08. The topological polar surface area (TPSA) is 70.8 Å². The highest BCUT2D eigenvalue weighted by molar-refractivity contribution is 14.0. The van der Waals surface area contributed by atoms with Crippen LogP contribution in [0.1, 0.15) is 26.1 Å². The van der Waals surface area contributed by atoms with Crippen molar-refractivity contribution < 1.29 is 4.74 Å². The smallest absolute Gasteiger partial charge is 0.193 e. The van der Waals surface area contributed by atoms with Crippen molar-refractivity contribution in [1.82, 2.24) is 29.9 Å². The van der Waals surface area contributed by atoms with Gasteiger partial charge < -0.3 is 19.5 Å². The number of aromatic nitrogens is 3. The Bertz CT molecular complexity index is 574. The maximum atomic E-state index is 5.45. The highest BCUT2D eigenvalue weighted by atomic mass is 127. The number of halogens is 1. The fourth-order valence-electron chi connectivity index (χ4n) is 3.75. The molecule has 1 atom stereocenters. The number of hydrogen-bond donors (Lipinski definition) is 1. The molecule has 2 aliphatic heterocycles. The van der Waals surface area contributed by atoms with Crippen molar-refractivity contribution in [2.45, 2.75) is 33.2 Å². The van der Waals surface area contributed by atoms with Gasteiger partial charge in [-0.15, -0.1) is 34.2 Å². The summed E-state index contributed by atoms with van der Waals surface area (Å²) < 4.78 is 7.55. The van der Waals surface area contributed by atoms with E-state index >= 15 is 0 Å². The molecule has 0 radical (unpaired) electrons. The second-order valence-corrected chi connectivity index (χ2v) is 7.04. The zero-order chi connectivity index (χ0) is 18.2. The Morgan fingerprint density at radius 3 is 2.85 bits per heavy atom. The number of rotatable bonds is 7. The van der Waals surface area contributed by atoms with Gasteiger partial charge in [-0.3, -0.25) is 9.89 Å². The van der Waals surface area contributed by atoms with Crippen LogP contribution in [0.4, 0.5) is 0 Å². The number of nitrogens with zero attached hydrogens (tertiary/aromatic N) is 6. The van der Waals surface area contributed by atoms with Gasteiger partial charge in [-0.2, -0.15) is 0 Å². The Hall–Kier alpha value is -0.940. The van der Waals surface area contributed by atoms with Crippen molar-refractivity contribution >= 4 is 29.9 Å². The highest BCUT2D eigenvalue weighted by Gasteiger charge is 2.27. The van der Waals surface area contributed by atoms with E-state index in [4.69, 9.17) is 9.73 Å². The summed E-state index contributed by atoms with van der Waals surface area (Å²) in [6, 6.07) is 0. The number of morpholine rings is 1. The third-order valence-electron chi connectivity index (χ3n) is 5.15. The van der Waals surface area contributed by atoms with E-state index in [1.165, 1.54) is 13.0 Å². The van der Waals surface area contributed by atoms with Gasteiger partial charge in [0.05, 0.1) is 19.8 Å². The van der Waals surface area contributed by atoms with Gasteiger partial charge in [0, 0.05) is 52.2 Å². The standard InChI is InChI=1S/C18H33N7O.HI/c1-3-17-22-21-15-25(17)8-6-20-18(19-4-2)24-7-5-16(14-24)13-23-9-11-26-12-10-23;/h15-16H,3-14H2,1-2H3,(H,19,20);1H. The van der Waals surface area contributed by atoms with Crippen LogP contribution in [0.2, 0.25) is 0 Å². The van der Waals surface area contributed by atoms with Gasteiger partial charge in [-0.05, 0) is 19.3 Å². The average molecular weight is 491 g/mol. The third-order valence-corrected chi connectivity index (χ3v) is 5.15. The molecule has 0 aliphatic carbocycles. The summed E-state index contributed by atoms with van der Waals surface area (Å²) in [4.78, 5) is 9.81. The lowest BCUT2D eigenvalue weighted by atomic mass is 10.1. The zero-order valence-electron chi connectivity index (χ0n) is 16.6. The van der Waals surface area contributed by atoms with E-state index in [2.05, 4.69) is 43.7 Å². The summed E-state index contributed by atoms with van der Waals surface area (Å²) in [5.41, 5.74) is 0. The first-order valence-electron chi connectivity index (χ1n) is 10.00. The van der Waals surface area contributed by atoms with E-state index in [9.17, 15) is 0 Å². The minimum absolute atomic E-state index is 0. The summed E-state index contributed by atoms with van der Waals surface area (Å²) in [5, 5.41) is 11.6. The normalized spacial score (nSPS) is 21.3. The molecule has 3 rings (SSSR count). The van der Waals surface area contributed by atoms with Crippen molar-refractivity contribution in [2.24, 2.45) is 10.9 Å². The van der Waals surface area contributed by atoms with E-state index in [0.29, 0.717) is 0 Å². The van der Waals surface area contributed by atoms with E-state index in [1.807, 2.05) is 0 Å². The minimum Gasteiger partial charge on any atom is -0.379 e. The monoisotopic (exact) mass is 491 g/mol. The van der Waals surface area contributed by atoms with Crippen LogP contribution in [0.5, 0.6) is 0 Å². The number of aryl methyl sites for hydroxylation is 1. The van der Waals surface area contributed by atoms with Gasteiger partial charge in [0.2, 0.25) is 0 Å². The Morgan fingerprint density at radius 1 is 1.30 bits per heavy atom. The first-order chi connectivity index (χ1) is 12.8. The van der Waals surface area contributed by atoms with Crippen molar-refractivity contribution in [3.63, 3.8) is 0 Å². The molecule has 1 unspecified atom stereocenters. The summed E-state index contributed by atoms with van der Waals surface area (Å²) >= 11 is 0. The van der Waals surface area contributed by atoms with Gasteiger partial charge in [0.15, 0.2) is 5.96 Å². The maximum Gasteiger partial charge on any atom is 0.193 e. The fraction of sp³-hybridized carbons (Fsp3) is 0.833. The first kappa shape index (κ1) is 22.4. The van der Waals surface area contributed by atoms with Gasteiger partial charge in [-0.1, -0.05) is 6.92 Å². The summed E-state index contributed by atoms with van der Waals surface area (Å²) in [6.45, 7) is 14.0. The largest absolute Gasteiger partial charge is 0.379 e. The van der Waals surface area contributed by atoms with Gasteiger partial charge in [0.25, 0.3) is 0 Å². The average Bonchev–Trinajstić information content (AvgIpc) is 3.31. The molecule has 0 aromatic carbocycles. The minimum atomic E-state index is 0. The second-order valence-electron chi connectivity index (χ2n) is 7.04. The van der Waals surface area contributed by atoms with E-state index in [-0.39, 0.29) is 24.0 Å². The van der Waals surface area contributed by atoms with Crippen LogP contribution in [0, 0.1) is 5.92 Å². The lowest BCUT2D eigenvalue weighted by molar-refractivity contribution is 0.0315. The number of aliphatic imine (C=N–C) groups is 1. The van der Waals surface area contributed by atoms with Crippen molar-refractivity contribution in [2.75, 3.05) is 59.0 Å². The van der Waals surface area contributed by atoms with Crippen LogP contribution in [0.25, 0.3) is 0 Å². The van der Waals surface area contributed by atoms with Gasteiger partial charge in [-0.25, -0.2) is 0 Å². The van der Waals surface area contributed by atoms with Crippen LogP contribution >= 0.6 is 24.0 Å². The number of nitrogens with one attached hydrogen (secondary N) is 1. The molecule has 27 heavy (non-hydrogen) atoms. The van der Waals surface area contributed by atoms with Crippen LogP contribution in [0.3, 0.4) is 0 Å². The molecule has 2 fully saturated rings. The molecule has 2 saturated heterocycles. The maximum absolute atomic E-state index is 5.45. The fourth-order valence-corrected chi connectivity index (χ4v) is 3.75. The SMILES string of the molecule is CCNC(=NCCn1cnnc1CC)N1CCC(CN2CCOCC2)C1.I. The van der Waals surface area contributed by atoms with Crippen molar-refractivity contribution in [3.8, 4) is 0 Å².